The largest absolute Gasteiger partial charge is 0.490 e. The van der Waals surface area contributed by atoms with E-state index in [1.165, 1.54) is 31.0 Å². The molecule has 1 aliphatic rings. The van der Waals surface area contributed by atoms with E-state index in [9.17, 15) is 9.59 Å². The molecule has 0 saturated carbocycles. The molecule has 1 aromatic heterocycles. The van der Waals surface area contributed by atoms with Crippen molar-refractivity contribution in [1.82, 2.24) is 14.2 Å². The van der Waals surface area contributed by atoms with Crippen molar-refractivity contribution >= 4 is 30.1 Å². The molecule has 0 aliphatic carbocycles. The zero-order valence-electron chi connectivity index (χ0n) is 49.5. The van der Waals surface area contributed by atoms with Gasteiger partial charge in [0.1, 0.15) is 24.6 Å². The maximum absolute atomic E-state index is 12.5. The second-order valence-electron chi connectivity index (χ2n) is 11.1. The standard InChI is InChI=1S/C28H44N3O7PS2.CH4O.42U/c1-18(2)31(19(3)4)39(36-17-16-35-21-12-10-11-13-22(21)40-41-28(6,7)8)38-24-20(5)37-26(25(24)34-9)30-15-14-23(32)29-27(30)33;1-2;;;;;;;;;;;;;;;;;;;;;;;;;;;;;;;;;;;;;;;;;;/h10-15,18-20,24-26H,16-17H2,1-9H3,(H,29,32,33);2H,1H3;;;;;;;;;;;;;;;;;;;;;;;;;;;;;;;;;;;;;;;;;;/t20-,24?,25+,26-,39?;;;;;;;;;;;;;;;;;;;;;;;;;;;;;;;;;;;;;;;;;;;/m1.........................................../s1/i5D;2T;;;;;;;;;;;;;;;;;;;;;;;;;;;;;;;;;;;;;;;;;;. The van der Waals surface area contributed by atoms with Gasteiger partial charge in [-0.15, -0.1) is 0 Å². The molecule has 1 aliphatic heterocycles. The van der Waals surface area contributed by atoms with Crippen LogP contribution in [0.25, 0.3) is 0 Å². The van der Waals surface area contributed by atoms with E-state index >= 15 is 0 Å². The zero-order chi connectivity index (χ0) is 33.7. The van der Waals surface area contributed by atoms with Gasteiger partial charge in [-0.1, -0.05) is 54.5 Å². The van der Waals surface area contributed by atoms with Crippen LogP contribution in [0.2, 0.25) is 0 Å². The molecule has 85 heavy (non-hydrogen) atoms. The van der Waals surface area contributed by atoms with Gasteiger partial charge in [0.05, 0.1) is 17.6 Å². The summed E-state index contributed by atoms with van der Waals surface area (Å²) in [6.07, 6.45) is -1.63. The van der Waals surface area contributed by atoms with Gasteiger partial charge in [0.25, 0.3) is 14.1 Å². The summed E-state index contributed by atoms with van der Waals surface area (Å²) in [6.45, 7) is 15.3. The SMILES string of the molecule is [2H]C[C@H]1O[C@@H](n2ccc(=O)[nH]c2=O)[C@@H](OC)C1OP(OCCOc1ccccc1SSC(C)(C)C)N(C(C)C)C(C)C.[3H]OC.[U].[U].[U].[U].[U].[U].[U].[U].[U].[U].[U].[U].[U].[U].[U].[U].[U].[U].[U].[U].[U].[U].[U].[U].[U].[U].[U].[U].[U].[U].[U].[U].[U].[U].[U].[U].[U].[U].[U].[U].[U].[U]. The second-order valence-corrected chi connectivity index (χ2v) is 15.5. The molecule has 1 aromatic carbocycles. The number of rotatable bonds is 14. The number of methoxy groups -OCH3 is 1. The van der Waals surface area contributed by atoms with E-state index in [0.717, 1.165) is 10.6 Å². The molecule has 3 rings (SSSR count). The molecule has 5 atom stereocenters. The van der Waals surface area contributed by atoms with Crippen molar-refractivity contribution in [1.29, 1.82) is 1.43 Å². The quantitative estimate of drug-likeness (QED) is 0.143. The summed E-state index contributed by atoms with van der Waals surface area (Å²) in [7, 11) is 4.64. The van der Waals surface area contributed by atoms with Gasteiger partial charge < -0.3 is 28.4 Å². The predicted molar refractivity (Wildman–Crippen MR) is 175 cm³/mol. The average Bonchev–Trinajstić information content (AvgIpc) is 3.31. The fraction of sp³-hybridized carbons (Fsp3) is 0.655. The number of hydrogen-bond donors (Lipinski definition) is 2. The molecule has 56 heteroatoms. The molecule has 0 bridgehead atoms. The first-order chi connectivity index (χ1) is 21.3. The predicted octanol–water partition coefficient (Wildman–Crippen LogP) is 5.44. The van der Waals surface area contributed by atoms with Crippen LogP contribution in [-0.2, 0) is 18.5 Å². The molecule has 412 valence electrons. The van der Waals surface area contributed by atoms with Crippen LogP contribution < -0.4 is 16.0 Å². The van der Waals surface area contributed by atoms with Crippen LogP contribution in [0.1, 0.15) is 63.0 Å². The Kier molecular flexibility index (Phi) is 571. The van der Waals surface area contributed by atoms with Crippen LogP contribution in [0.3, 0.4) is 0 Å². The molecule has 2 aromatic rings. The van der Waals surface area contributed by atoms with Crippen LogP contribution in [0, 0.1) is 1310 Å². The number of aliphatic hydroxyl groups excluding tert-OH is 1. The molecule has 0 spiro atoms. The van der Waals surface area contributed by atoms with E-state index < -0.39 is 44.3 Å². The molecule has 0 radical (unpaired) electrons. The summed E-state index contributed by atoms with van der Waals surface area (Å²) in [6, 6.07) is 9.39. The third-order valence-electron chi connectivity index (χ3n) is 5.91. The number of H-pyrrole nitrogens is 1. The number of aromatic amines is 1. The Bertz CT molecular complexity index is 1350. The van der Waals surface area contributed by atoms with Crippen molar-refractivity contribution in [3.05, 3.63) is 57.4 Å². The number of aromatic nitrogens is 2. The van der Waals surface area contributed by atoms with Gasteiger partial charge in [-0.2, -0.15) is 0 Å². The Balaban J connectivity index is -0.0000000118. The Morgan fingerprint density at radius 2 is 0.953 bits per heavy atom. The molecular formula is C29H48N3O8PS2U42. The Morgan fingerprint density at radius 3 is 1.25 bits per heavy atom. The van der Waals surface area contributed by atoms with Gasteiger partial charge in [-0.05, 0) is 46.7 Å². The van der Waals surface area contributed by atoms with E-state index in [2.05, 4.69) is 63.2 Å². The van der Waals surface area contributed by atoms with E-state index in [-0.39, 0.29) is 1340 Å². The summed E-state index contributed by atoms with van der Waals surface area (Å²) in [4.78, 5) is 27.5. The zero-order valence-corrected chi connectivity index (χ0v) is 225. The fourth-order valence-corrected chi connectivity index (χ4v) is 8.11. The number of ether oxygens (including phenoxy) is 3. The fourth-order valence-electron chi connectivity index (χ4n) is 4.24. The van der Waals surface area contributed by atoms with Crippen molar-refractivity contribution < 1.29 is 1340 Å². The Hall–Kier alpha value is 42.8. The first kappa shape index (κ1) is 261. The van der Waals surface area contributed by atoms with Crippen molar-refractivity contribution in [3.63, 3.8) is 0 Å². The number of aliphatic hydroxyl groups is 1. The summed E-state index contributed by atoms with van der Waals surface area (Å²) in [5, 5.41) is 3.50. The minimum Gasteiger partial charge on any atom is -0.490 e. The van der Waals surface area contributed by atoms with E-state index in [0.29, 0.717) is 6.61 Å². The maximum Gasteiger partial charge on any atom is 0.330 e. The normalized spacial score (nSPS) is 11.1. The van der Waals surface area contributed by atoms with Crippen molar-refractivity contribution in [2.24, 2.45) is 0 Å². The van der Waals surface area contributed by atoms with E-state index in [1.807, 2.05) is 24.3 Å². The Labute approximate surface area is 1520 Å². The van der Waals surface area contributed by atoms with E-state index in [4.69, 9.17) is 26.1 Å². The number of hydrogen-bond acceptors (Lipinski definition) is 11. The van der Waals surface area contributed by atoms with Crippen LogP contribution in [0.15, 0.2) is 51.0 Å². The molecule has 0 amide bonds. The Morgan fingerprint density at radius 1 is 0.612 bits per heavy atom. The van der Waals surface area contributed by atoms with Crippen LogP contribution in [0.5, 0.6) is 5.75 Å². The van der Waals surface area contributed by atoms with Gasteiger partial charge in [0, 0.05) is 1350 Å². The van der Waals surface area contributed by atoms with Crippen molar-refractivity contribution in [2.75, 3.05) is 27.4 Å². The first-order valence-electron chi connectivity index (χ1n) is 15.1. The number of nitrogens with zero attached hydrogens (tertiary/aromatic N) is 2. The molecule has 1 saturated heterocycles. The summed E-state index contributed by atoms with van der Waals surface area (Å²) >= 11 is 0. The average molecular weight is 10700 g/mol. The van der Waals surface area contributed by atoms with Gasteiger partial charge >= 0.3 is 5.69 Å². The topological polar surface area (TPSA) is 124 Å². The van der Waals surface area contributed by atoms with Gasteiger partial charge in [0.15, 0.2) is 6.23 Å². The molecular weight excluding hydrogens is 10600 g/mol. The minimum atomic E-state index is -1.63. The summed E-state index contributed by atoms with van der Waals surface area (Å²) in [5.74, 6) is 0.796. The molecule has 2 unspecified atom stereocenters. The smallest absolute Gasteiger partial charge is 0.330 e. The maximum atomic E-state index is 12.5. The number of benzene rings is 1. The summed E-state index contributed by atoms with van der Waals surface area (Å²) < 4.78 is 48.3. The monoisotopic (exact) mass is 10700 g/mol. The minimum absolute atomic E-state index is 0. The van der Waals surface area contributed by atoms with Gasteiger partial charge in [-0.3, -0.25) is 14.3 Å². The number of para-hydroxylation sites is 1. The van der Waals surface area contributed by atoms with Gasteiger partial charge in [-0.25, -0.2) is 9.46 Å². The van der Waals surface area contributed by atoms with Crippen molar-refractivity contribution in [2.45, 2.75) is 102 Å². The molecule has 2 heterocycles. The first-order valence-corrected chi connectivity index (χ1v) is 17.3. The van der Waals surface area contributed by atoms with Crippen LogP contribution >= 0.6 is 30.1 Å². The summed E-state index contributed by atoms with van der Waals surface area (Å²) in [5.41, 5.74) is -1.13. The van der Waals surface area contributed by atoms with Gasteiger partial charge in [0.2, 0.25) is 1.43 Å². The second kappa shape index (κ2) is 186. The third-order valence-corrected chi connectivity index (χ3v) is 11.4. The molecule has 1 fully saturated rings. The van der Waals surface area contributed by atoms with Crippen LogP contribution in [-0.4, -0.2) is 83.3 Å². The third kappa shape index (κ3) is 142. The number of nitrogens with one attached hydrogen (secondary N) is 1. The van der Waals surface area contributed by atoms with Crippen molar-refractivity contribution in [3.8, 4) is 5.75 Å². The molecule has 11 nitrogen and oxygen atoms in total. The van der Waals surface area contributed by atoms with E-state index in [1.54, 1.807) is 21.6 Å². The van der Waals surface area contributed by atoms with Crippen LogP contribution in [0.4, 0.5) is 0 Å². The molecule has 2 N–H and O–H groups in total.